The van der Waals surface area contributed by atoms with Crippen molar-refractivity contribution < 1.29 is 14.4 Å². The van der Waals surface area contributed by atoms with Gasteiger partial charge in [0.25, 0.3) is 5.91 Å². The lowest BCUT2D eigenvalue weighted by Gasteiger charge is -2.21. The fourth-order valence-electron chi connectivity index (χ4n) is 3.21. The van der Waals surface area contributed by atoms with E-state index >= 15 is 0 Å². The Balaban J connectivity index is 1.71. The van der Waals surface area contributed by atoms with Gasteiger partial charge in [-0.05, 0) is 19.4 Å². The van der Waals surface area contributed by atoms with Crippen LogP contribution in [0.1, 0.15) is 39.7 Å². The molecule has 1 aliphatic heterocycles. The smallest absolute Gasteiger partial charge is 0.274 e. The molecule has 0 bridgehead atoms. The molecule has 3 aromatic rings. The quantitative estimate of drug-likeness (QED) is 0.762. The van der Waals surface area contributed by atoms with Gasteiger partial charge in [0, 0.05) is 13.0 Å². The van der Waals surface area contributed by atoms with E-state index < -0.39 is 12.1 Å². The molecule has 7 nitrogen and oxygen atoms in total. The van der Waals surface area contributed by atoms with E-state index in [4.69, 9.17) is 4.52 Å². The van der Waals surface area contributed by atoms with Gasteiger partial charge in [-0.2, -0.15) is 4.98 Å². The molecule has 0 aliphatic carbocycles. The Labute approximate surface area is 154 Å². The lowest BCUT2D eigenvalue weighted by atomic mass is 10.1. The lowest BCUT2D eigenvalue weighted by molar-refractivity contribution is 0.0689. The topological polar surface area (TPSA) is 92.4 Å². The van der Waals surface area contributed by atoms with Gasteiger partial charge in [0.15, 0.2) is 5.82 Å². The molecular formula is C18H18N4O3S. The summed E-state index contributed by atoms with van der Waals surface area (Å²) in [6.07, 6.45) is -0.256. The Morgan fingerprint density at radius 3 is 2.73 bits per heavy atom. The average molecular weight is 370 g/mol. The summed E-state index contributed by atoms with van der Waals surface area (Å²) in [5.74, 6) is 0.620. The van der Waals surface area contributed by atoms with Gasteiger partial charge in [-0.3, -0.25) is 4.79 Å². The molecule has 1 amide bonds. The molecule has 8 heteroatoms. The Kier molecular flexibility index (Phi) is 4.29. The number of β-amino-alcohol motifs (C(OH)–C–C–N with tert-alkyl or cyclic N) is 1. The van der Waals surface area contributed by atoms with Gasteiger partial charge in [0.05, 0.1) is 16.0 Å². The number of amides is 1. The van der Waals surface area contributed by atoms with Crippen molar-refractivity contribution in [2.45, 2.75) is 32.4 Å². The van der Waals surface area contributed by atoms with Crippen molar-refractivity contribution in [1.82, 2.24) is 20.0 Å². The highest BCUT2D eigenvalue weighted by atomic mass is 32.1. The number of aromatic nitrogens is 3. The van der Waals surface area contributed by atoms with Crippen molar-refractivity contribution in [1.29, 1.82) is 0 Å². The first kappa shape index (κ1) is 16.9. The first-order valence-corrected chi connectivity index (χ1v) is 9.16. The van der Waals surface area contributed by atoms with Gasteiger partial charge in [-0.15, -0.1) is 11.3 Å². The minimum absolute atomic E-state index is 0.218. The van der Waals surface area contributed by atoms with E-state index in [1.807, 2.05) is 37.3 Å². The molecule has 2 atom stereocenters. The number of benzene rings is 1. The largest absolute Gasteiger partial charge is 0.391 e. The molecule has 1 aliphatic rings. The van der Waals surface area contributed by atoms with Crippen molar-refractivity contribution in [3.05, 3.63) is 52.7 Å². The van der Waals surface area contributed by atoms with Crippen LogP contribution in [-0.4, -0.2) is 43.7 Å². The molecule has 1 saturated heterocycles. The van der Waals surface area contributed by atoms with Gasteiger partial charge in [-0.25, -0.2) is 4.98 Å². The van der Waals surface area contributed by atoms with Crippen LogP contribution in [0.2, 0.25) is 0 Å². The van der Waals surface area contributed by atoms with Crippen molar-refractivity contribution in [2.24, 2.45) is 0 Å². The van der Waals surface area contributed by atoms with Crippen molar-refractivity contribution >= 4 is 17.2 Å². The number of thiazole rings is 1. The molecule has 1 aromatic carbocycles. The Morgan fingerprint density at radius 1 is 1.27 bits per heavy atom. The molecule has 1 N–H and O–H groups in total. The average Bonchev–Trinajstić information content (AvgIpc) is 3.33. The zero-order valence-corrected chi connectivity index (χ0v) is 15.2. The number of hydrogen-bond donors (Lipinski definition) is 1. The second-order valence-corrected chi connectivity index (χ2v) is 7.52. The van der Waals surface area contributed by atoms with Crippen LogP contribution < -0.4 is 0 Å². The van der Waals surface area contributed by atoms with E-state index in [9.17, 15) is 9.90 Å². The first-order valence-electron chi connectivity index (χ1n) is 8.35. The van der Waals surface area contributed by atoms with E-state index in [0.717, 1.165) is 15.4 Å². The maximum Gasteiger partial charge on any atom is 0.274 e. The molecule has 134 valence electrons. The molecule has 0 spiro atoms. The summed E-state index contributed by atoms with van der Waals surface area (Å²) in [7, 11) is 0. The number of nitrogens with zero attached hydrogens (tertiary/aromatic N) is 4. The van der Waals surface area contributed by atoms with Crippen molar-refractivity contribution in [2.75, 3.05) is 6.54 Å². The third-order valence-electron chi connectivity index (χ3n) is 4.34. The molecule has 1 fully saturated rings. The van der Waals surface area contributed by atoms with E-state index in [1.54, 1.807) is 11.8 Å². The first-order chi connectivity index (χ1) is 12.5. The second-order valence-electron chi connectivity index (χ2n) is 6.32. The van der Waals surface area contributed by atoms with Crippen molar-refractivity contribution in [3.63, 3.8) is 0 Å². The van der Waals surface area contributed by atoms with E-state index in [1.165, 1.54) is 11.3 Å². The van der Waals surface area contributed by atoms with Crippen LogP contribution in [0, 0.1) is 13.8 Å². The maximum atomic E-state index is 13.3. The lowest BCUT2D eigenvalue weighted by Crippen LogP contribution is -2.32. The highest BCUT2D eigenvalue weighted by Gasteiger charge is 2.40. The fourth-order valence-corrected chi connectivity index (χ4v) is 4.13. The van der Waals surface area contributed by atoms with Crippen LogP contribution >= 0.6 is 11.3 Å². The van der Waals surface area contributed by atoms with Crippen LogP contribution in [0.15, 0.2) is 34.9 Å². The summed E-state index contributed by atoms with van der Waals surface area (Å²) in [6.45, 7) is 3.82. The van der Waals surface area contributed by atoms with Crippen LogP contribution in [-0.2, 0) is 0 Å². The predicted molar refractivity (Wildman–Crippen MR) is 95.7 cm³/mol. The zero-order valence-electron chi connectivity index (χ0n) is 14.4. The minimum atomic E-state index is -0.629. The number of carbonyl (C=O) groups is 1. The highest BCUT2D eigenvalue weighted by molar-refractivity contribution is 7.15. The number of hydrogen-bond acceptors (Lipinski definition) is 7. The van der Waals surface area contributed by atoms with E-state index in [0.29, 0.717) is 23.8 Å². The van der Waals surface area contributed by atoms with Crippen LogP contribution in [0.25, 0.3) is 10.4 Å². The third kappa shape index (κ3) is 3.02. The maximum absolute atomic E-state index is 13.3. The van der Waals surface area contributed by atoms with E-state index in [2.05, 4.69) is 15.1 Å². The van der Waals surface area contributed by atoms with Crippen LogP contribution in [0.5, 0.6) is 0 Å². The monoisotopic (exact) mass is 370 g/mol. The number of rotatable bonds is 3. The molecule has 3 heterocycles. The molecule has 26 heavy (non-hydrogen) atoms. The third-order valence-corrected chi connectivity index (χ3v) is 5.36. The standard InChI is InChI=1S/C18H18N4O3S/c1-10-19-17(25-21-10)14-8-13(23)9-22(14)18(24)15-16(26-11(2)20-15)12-6-4-3-5-7-12/h3-7,13-14,23H,8-9H2,1-2H3/t13-,14-/m1/s1. The molecule has 0 unspecified atom stereocenters. The molecular weight excluding hydrogens is 352 g/mol. The van der Waals surface area contributed by atoms with Crippen molar-refractivity contribution in [3.8, 4) is 10.4 Å². The van der Waals surface area contributed by atoms with Gasteiger partial charge < -0.3 is 14.5 Å². The summed E-state index contributed by atoms with van der Waals surface area (Å²) >= 11 is 1.48. The summed E-state index contributed by atoms with van der Waals surface area (Å²) in [4.78, 5) is 24.4. The molecule has 2 aromatic heterocycles. The van der Waals surface area contributed by atoms with E-state index in [-0.39, 0.29) is 12.5 Å². The number of aliphatic hydroxyl groups excluding tert-OH is 1. The Hall–Kier alpha value is -2.58. The van der Waals surface area contributed by atoms with Crippen LogP contribution in [0.4, 0.5) is 0 Å². The van der Waals surface area contributed by atoms with Gasteiger partial charge in [-0.1, -0.05) is 35.5 Å². The zero-order chi connectivity index (χ0) is 18.3. The fraction of sp³-hybridized carbons (Fsp3) is 0.333. The SMILES string of the molecule is Cc1noc([C@H]2C[C@@H](O)CN2C(=O)c2nc(C)sc2-c2ccccc2)n1. The Bertz CT molecular complexity index is 937. The summed E-state index contributed by atoms with van der Waals surface area (Å²) in [5, 5.41) is 14.7. The second kappa shape index (κ2) is 6.62. The van der Waals surface area contributed by atoms with Gasteiger partial charge in [0.1, 0.15) is 11.7 Å². The molecule has 0 radical (unpaired) electrons. The van der Waals surface area contributed by atoms with Gasteiger partial charge in [0.2, 0.25) is 5.89 Å². The number of likely N-dealkylation sites (tertiary alicyclic amines) is 1. The Morgan fingerprint density at radius 2 is 2.04 bits per heavy atom. The summed E-state index contributed by atoms with van der Waals surface area (Å²) in [6, 6.07) is 9.28. The highest BCUT2D eigenvalue weighted by Crippen LogP contribution is 2.36. The molecule has 0 saturated carbocycles. The van der Waals surface area contributed by atoms with Gasteiger partial charge >= 0.3 is 0 Å². The number of aryl methyl sites for hydroxylation is 2. The minimum Gasteiger partial charge on any atom is -0.391 e. The summed E-state index contributed by atoms with van der Waals surface area (Å²) < 4.78 is 5.25. The number of carbonyl (C=O) groups excluding carboxylic acids is 1. The molecule has 4 rings (SSSR count). The summed E-state index contributed by atoms with van der Waals surface area (Å²) in [5.41, 5.74) is 1.35. The number of aliphatic hydroxyl groups is 1. The van der Waals surface area contributed by atoms with Crippen LogP contribution in [0.3, 0.4) is 0 Å². The normalized spacial score (nSPS) is 19.9. The predicted octanol–water partition coefficient (Wildman–Crippen LogP) is 2.76.